The molecule has 0 aliphatic heterocycles. The van der Waals surface area contributed by atoms with E-state index in [0.29, 0.717) is 31.8 Å². The molecule has 1 aromatic carbocycles. The first kappa shape index (κ1) is 18.7. The number of ketones is 1. The first-order chi connectivity index (χ1) is 13.5. The minimum absolute atomic E-state index is 0.0185. The molecule has 2 nitrogen and oxygen atoms in total. The predicted molar refractivity (Wildman–Crippen MR) is 116 cm³/mol. The second-order valence-corrected chi connectivity index (χ2v) is 10.6. The molecule has 0 radical (unpaired) electrons. The Labute approximate surface area is 179 Å². The van der Waals surface area contributed by atoms with Crippen LogP contribution in [0.15, 0.2) is 30.0 Å². The number of halogens is 2. The fraction of sp³-hybridized carbons (Fsp3) is 0.435. The molecule has 1 N–H and O–H groups in total. The summed E-state index contributed by atoms with van der Waals surface area (Å²) in [4.78, 5) is 13.5. The SMILES string of the molecule is CCc1ccc(-c2cc(Cl)sc2Cl)cc1C1=C(O)[C@H]2[C@H]3CC[C@H](CC3)[C@H]2C1=O. The molecule has 0 spiro atoms. The zero-order valence-corrected chi connectivity index (χ0v) is 18.0. The minimum Gasteiger partial charge on any atom is -0.511 e. The Balaban J connectivity index is 1.65. The van der Waals surface area contributed by atoms with E-state index in [0.717, 1.165) is 54.4 Å². The maximum atomic E-state index is 13.5. The number of thiophene rings is 1. The number of aliphatic hydroxyl groups is 1. The summed E-state index contributed by atoms with van der Waals surface area (Å²) < 4.78 is 1.28. The molecular weight excluding hydrogens is 411 g/mol. The second-order valence-electron chi connectivity index (χ2n) is 8.31. The summed E-state index contributed by atoms with van der Waals surface area (Å²) in [5.74, 6) is 1.39. The summed E-state index contributed by atoms with van der Waals surface area (Å²) in [5, 5.41) is 11.2. The molecule has 2 atom stereocenters. The van der Waals surface area contributed by atoms with Gasteiger partial charge in [-0.15, -0.1) is 11.3 Å². The quantitative estimate of drug-likeness (QED) is 0.556. The molecule has 146 valence electrons. The third-order valence-electron chi connectivity index (χ3n) is 7.07. The fourth-order valence-corrected chi connectivity index (χ4v) is 7.28. The molecule has 3 fully saturated rings. The number of benzene rings is 1. The van der Waals surface area contributed by atoms with Gasteiger partial charge in [0.2, 0.25) is 0 Å². The Bertz CT molecular complexity index is 998. The average molecular weight is 433 g/mol. The molecule has 4 aliphatic rings. The van der Waals surface area contributed by atoms with Gasteiger partial charge in [-0.25, -0.2) is 0 Å². The lowest BCUT2D eigenvalue weighted by molar-refractivity contribution is -0.123. The highest BCUT2D eigenvalue weighted by Gasteiger charge is 2.54. The Morgan fingerprint density at radius 1 is 1.04 bits per heavy atom. The highest BCUT2D eigenvalue weighted by atomic mass is 35.5. The highest BCUT2D eigenvalue weighted by Crippen LogP contribution is 2.57. The largest absolute Gasteiger partial charge is 0.511 e. The van der Waals surface area contributed by atoms with E-state index >= 15 is 0 Å². The van der Waals surface area contributed by atoms with Crippen molar-refractivity contribution in [2.75, 3.05) is 0 Å². The number of aliphatic hydroxyl groups excluding tert-OH is 1. The van der Waals surface area contributed by atoms with Crippen LogP contribution < -0.4 is 0 Å². The van der Waals surface area contributed by atoms with E-state index in [1.165, 1.54) is 11.3 Å². The van der Waals surface area contributed by atoms with Crippen molar-refractivity contribution in [3.8, 4) is 11.1 Å². The van der Waals surface area contributed by atoms with E-state index in [9.17, 15) is 9.90 Å². The van der Waals surface area contributed by atoms with Crippen molar-refractivity contribution >= 4 is 45.9 Å². The van der Waals surface area contributed by atoms with Crippen LogP contribution in [0.4, 0.5) is 0 Å². The van der Waals surface area contributed by atoms with Crippen LogP contribution >= 0.6 is 34.5 Å². The van der Waals surface area contributed by atoms with Gasteiger partial charge in [-0.05, 0) is 72.8 Å². The van der Waals surface area contributed by atoms with Gasteiger partial charge in [0, 0.05) is 17.4 Å². The van der Waals surface area contributed by atoms with Crippen LogP contribution in [-0.4, -0.2) is 10.9 Å². The van der Waals surface area contributed by atoms with E-state index in [4.69, 9.17) is 23.2 Å². The van der Waals surface area contributed by atoms with Crippen LogP contribution in [0.25, 0.3) is 16.7 Å². The standard InChI is InChI=1S/C23H22Cl2O2S/c1-2-11-3-8-14(16-10-17(24)28-23(16)25)9-15(11)20-21(26)18-12-4-5-13(7-6-12)19(18)22(20)27/h3,8-10,12-13,18-19,26H,2,4-7H2,1H3/t12-,13+,18-,19+/m0/s1. The van der Waals surface area contributed by atoms with Crippen LogP contribution in [0, 0.1) is 23.7 Å². The molecule has 0 unspecified atom stereocenters. The molecule has 28 heavy (non-hydrogen) atoms. The van der Waals surface area contributed by atoms with E-state index in [-0.39, 0.29) is 17.6 Å². The first-order valence-electron chi connectivity index (χ1n) is 10.1. The molecule has 1 aromatic heterocycles. The number of carbonyl (C=O) groups is 1. The summed E-state index contributed by atoms with van der Waals surface area (Å²) in [6, 6.07) is 7.97. The van der Waals surface area contributed by atoms with E-state index in [1.54, 1.807) is 0 Å². The molecule has 4 aliphatic carbocycles. The second kappa shape index (κ2) is 6.90. The number of hydrogen-bond acceptors (Lipinski definition) is 3. The van der Waals surface area contributed by atoms with Crippen LogP contribution in [-0.2, 0) is 11.2 Å². The molecule has 3 saturated carbocycles. The molecule has 1 heterocycles. The summed E-state index contributed by atoms with van der Waals surface area (Å²) in [7, 11) is 0. The summed E-state index contributed by atoms with van der Waals surface area (Å²) in [5.41, 5.74) is 4.33. The van der Waals surface area contributed by atoms with Gasteiger partial charge in [-0.1, -0.05) is 42.3 Å². The maximum absolute atomic E-state index is 13.5. The Hall–Kier alpha value is -1.29. The van der Waals surface area contributed by atoms with Crippen molar-refractivity contribution in [3.05, 3.63) is 49.8 Å². The van der Waals surface area contributed by atoms with Crippen molar-refractivity contribution in [1.29, 1.82) is 0 Å². The average Bonchev–Trinajstić information content (AvgIpc) is 3.19. The predicted octanol–water partition coefficient (Wildman–Crippen LogP) is 7.19. The maximum Gasteiger partial charge on any atom is 0.170 e. The van der Waals surface area contributed by atoms with Gasteiger partial charge in [0.25, 0.3) is 0 Å². The molecule has 0 amide bonds. The summed E-state index contributed by atoms with van der Waals surface area (Å²) in [6.45, 7) is 2.08. The van der Waals surface area contributed by atoms with Crippen molar-refractivity contribution in [2.45, 2.75) is 39.0 Å². The van der Waals surface area contributed by atoms with Crippen molar-refractivity contribution in [3.63, 3.8) is 0 Å². The summed E-state index contributed by atoms with van der Waals surface area (Å²) in [6.07, 6.45) is 5.34. The normalized spacial score (nSPS) is 28.9. The van der Waals surface area contributed by atoms with Gasteiger partial charge in [0.05, 0.1) is 9.91 Å². The van der Waals surface area contributed by atoms with E-state index in [2.05, 4.69) is 13.0 Å². The zero-order chi connectivity index (χ0) is 19.6. The fourth-order valence-electron chi connectivity index (χ4n) is 5.77. The van der Waals surface area contributed by atoms with E-state index in [1.807, 2.05) is 18.2 Å². The smallest absolute Gasteiger partial charge is 0.170 e. The van der Waals surface area contributed by atoms with E-state index < -0.39 is 0 Å². The zero-order valence-electron chi connectivity index (χ0n) is 15.7. The highest BCUT2D eigenvalue weighted by molar-refractivity contribution is 7.20. The van der Waals surface area contributed by atoms with Gasteiger partial charge in [-0.3, -0.25) is 4.79 Å². The lowest BCUT2D eigenvalue weighted by Gasteiger charge is -2.44. The van der Waals surface area contributed by atoms with Crippen LogP contribution in [0.1, 0.15) is 43.7 Å². The topological polar surface area (TPSA) is 37.3 Å². The Morgan fingerprint density at radius 3 is 2.29 bits per heavy atom. The molecule has 5 heteroatoms. The van der Waals surface area contributed by atoms with Gasteiger partial charge < -0.3 is 5.11 Å². The Morgan fingerprint density at radius 2 is 1.71 bits per heavy atom. The third kappa shape index (κ3) is 2.70. The van der Waals surface area contributed by atoms with Crippen molar-refractivity contribution < 1.29 is 9.90 Å². The first-order valence-corrected chi connectivity index (χ1v) is 11.6. The molecule has 2 aromatic rings. The number of allylic oxidation sites excluding steroid dienone is 2. The molecule has 0 saturated heterocycles. The molecule has 6 rings (SSSR count). The van der Waals surface area contributed by atoms with Gasteiger partial charge in [0.15, 0.2) is 5.78 Å². The number of Topliss-reactive ketones (excluding diaryl/α,β-unsaturated/α-hetero) is 1. The number of aryl methyl sites for hydroxylation is 1. The Kier molecular flexibility index (Phi) is 4.61. The van der Waals surface area contributed by atoms with Crippen LogP contribution in [0.5, 0.6) is 0 Å². The number of rotatable bonds is 3. The minimum atomic E-state index is -0.0185. The number of carbonyl (C=O) groups excluding carboxylic acids is 1. The van der Waals surface area contributed by atoms with Crippen LogP contribution in [0.2, 0.25) is 8.67 Å². The van der Waals surface area contributed by atoms with Gasteiger partial charge in [0.1, 0.15) is 10.1 Å². The lowest BCUT2D eigenvalue weighted by Crippen LogP contribution is -2.41. The van der Waals surface area contributed by atoms with Crippen LogP contribution in [0.3, 0.4) is 0 Å². The molecular formula is C23H22Cl2O2S. The lowest BCUT2D eigenvalue weighted by atomic mass is 9.59. The van der Waals surface area contributed by atoms with Crippen molar-refractivity contribution in [1.82, 2.24) is 0 Å². The van der Waals surface area contributed by atoms with Crippen molar-refractivity contribution in [2.24, 2.45) is 23.7 Å². The number of fused-ring (bicyclic) bond motifs is 2. The summed E-state index contributed by atoms with van der Waals surface area (Å²) >= 11 is 13.9. The van der Waals surface area contributed by atoms with Gasteiger partial charge in [-0.2, -0.15) is 0 Å². The number of hydrogen-bond donors (Lipinski definition) is 1. The monoisotopic (exact) mass is 432 g/mol. The van der Waals surface area contributed by atoms with Gasteiger partial charge >= 0.3 is 0 Å². The molecule has 2 bridgehead atoms. The third-order valence-corrected chi connectivity index (χ3v) is 8.56.